The Balaban J connectivity index is 2.36. The van der Waals surface area contributed by atoms with Crippen LogP contribution in [0.15, 0.2) is 0 Å². The maximum Gasteiger partial charge on any atom is 0.410 e. The minimum atomic E-state index is -0.179. The molecule has 0 aromatic rings. The molecule has 1 aliphatic carbocycles. The van der Waals surface area contributed by atoms with Crippen molar-refractivity contribution < 1.29 is 9.53 Å². The lowest BCUT2D eigenvalue weighted by molar-refractivity contribution is 0.0730. The third kappa shape index (κ3) is 2.90. The minimum Gasteiger partial charge on any atom is -0.447 e. The van der Waals surface area contributed by atoms with Gasteiger partial charge >= 0.3 is 6.09 Å². The molecule has 0 aromatic carbocycles. The van der Waals surface area contributed by atoms with E-state index < -0.39 is 0 Å². The normalized spacial score (nSPS) is 17.8. The molecular weight excluding hydrogens is 166 g/mol. The maximum absolute atomic E-state index is 11.4. The number of carbonyl (C=O) groups is 1. The van der Waals surface area contributed by atoms with Gasteiger partial charge in [-0.05, 0) is 26.7 Å². The largest absolute Gasteiger partial charge is 0.447 e. The molecule has 0 heterocycles. The summed E-state index contributed by atoms with van der Waals surface area (Å²) >= 11 is 0. The third-order valence-corrected chi connectivity index (χ3v) is 2.50. The summed E-state index contributed by atoms with van der Waals surface area (Å²) in [6.07, 6.45) is 4.54. The molecule has 1 rings (SSSR count). The second kappa shape index (κ2) is 4.49. The van der Waals surface area contributed by atoms with E-state index in [0.29, 0.717) is 6.04 Å². The molecule has 1 saturated carbocycles. The standard InChI is InChI=1S/C10H19NO2/c1-8(2)13-10(12)11(3)9-6-4-5-7-9/h8-9H,4-7H2,1-3H3. The zero-order chi connectivity index (χ0) is 9.84. The second-order valence-corrected chi connectivity index (χ2v) is 3.98. The van der Waals surface area contributed by atoms with Crippen LogP contribution in [0.25, 0.3) is 0 Å². The predicted molar refractivity (Wildman–Crippen MR) is 51.6 cm³/mol. The van der Waals surface area contributed by atoms with Crippen molar-refractivity contribution in [3.63, 3.8) is 0 Å². The number of carbonyl (C=O) groups excluding carboxylic acids is 1. The van der Waals surface area contributed by atoms with E-state index in [0.717, 1.165) is 12.8 Å². The van der Waals surface area contributed by atoms with Gasteiger partial charge in [0, 0.05) is 13.1 Å². The van der Waals surface area contributed by atoms with Gasteiger partial charge in [0.2, 0.25) is 0 Å². The zero-order valence-corrected chi connectivity index (χ0v) is 8.75. The van der Waals surface area contributed by atoms with Crippen LogP contribution in [0.4, 0.5) is 4.79 Å². The van der Waals surface area contributed by atoms with Crippen LogP contribution >= 0.6 is 0 Å². The Morgan fingerprint density at radius 1 is 1.38 bits per heavy atom. The van der Waals surface area contributed by atoms with Crippen molar-refractivity contribution in [1.82, 2.24) is 4.90 Å². The number of amides is 1. The van der Waals surface area contributed by atoms with E-state index in [9.17, 15) is 4.79 Å². The molecule has 1 aliphatic rings. The van der Waals surface area contributed by atoms with Crippen LogP contribution in [-0.2, 0) is 4.74 Å². The number of nitrogens with zero attached hydrogens (tertiary/aromatic N) is 1. The lowest BCUT2D eigenvalue weighted by Gasteiger charge is -2.24. The number of hydrogen-bond donors (Lipinski definition) is 0. The monoisotopic (exact) mass is 185 g/mol. The summed E-state index contributed by atoms with van der Waals surface area (Å²) < 4.78 is 5.11. The van der Waals surface area contributed by atoms with Crippen molar-refractivity contribution >= 4 is 6.09 Å². The molecule has 0 aliphatic heterocycles. The van der Waals surface area contributed by atoms with E-state index in [1.807, 2.05) is 20.9 Å². The van der Waals surface area contributed by atoms with Gasteiger partial charge in [-0.15, -0.1) is 0 Å². The molecule has 1 amide bonds. The zero-order valence-electron chi connectivity index (χ0n) is 8.75. The van der Waals surface area contributed by atoms with Gasteiger partial charge in [-0.2, -0.15) is 0 Å². The molecule has 0 spiro atoms. The van der Waals surface area contributed by atoms with Crippen molar-refractivity contribution in [2.24, 2.45) is 0 Å². The smallest absolute Gasteiger partial charge is 0.410 e. The molecule has 0 saturated heterocycles. The van der Waals surface area contributed by atoms with Gasteiger partial charge in [-0.25, -0.2) is 4.79 Å². The van der Waals surface area contributed by atoms with E-state index in [2.05, 4.69) is 0 Å². The summed E-state index contributed by atoms with van der Waals surface area (Å²) in [5.74, 6) is 0. The topological polar surface area (TPSA) is 29.5 Å². The van der Waals surface area contributed by atoms with Gasteiger partial charge in [0.15, 0.2) is 0 Å². The third-order valence-electron chi connectivity index (χ3n) is 2.50. The Morgan fingerprint density at radius 2 is 1.92 bits per heavy atom. The van der Waals surface area contributed by atoms with Crippen LogP contribution in [-0.4, -0.2) is 30.2 Å². The van der Waals surface area contributed by atoms with Crippen LogP contribution in [0.1, 0.15) is 39.5 Å². The van der Waals surface area contributed by atoms with Gasteiger partial charge in [-0.3, -0.25) is 0 Å². The lowest BCUT2D eigenvalue weighted by Crippen LogP contribution is -2.36. The Hall–Kier alpha value is -0.730. The fraction of sp³-hybridized carbons (Fsp3) is 0.900. The van der Waals surface area contributed by atoms with E-state index in [1.54, 1.807) is 4.90 Å². The highest BCUT2D eigenvalue weighted by Crippen LogP contribution is 2.22. The van der Waals surface area contributed by atoms with E-state index in [-0.39, 0.29) is 12.2 Å². The highest BCUT2D eigenvalue weighted by molar-refractivity contribution is 5.67. The molecule has 3 nitrogen and oxygen atoms in total. The first-order valence-electron chi connectivity index (χ1n) is 5.04. The fourth-order valence-corrected chi connectivity index (χ4v) is 1.73. The van der Waals surface area contributed by atoms with Crippen molar-refractivity contribution in [3.8, 4) is 0 Å². The van der Waals surface area contributed by atoms with Gasteiger partial charge in [-0.1, -0.05) is 12.8 Å². The minimum absolute atomic E-state index is 0.0173. The molecule has 13 heavy (non-hydrogen) atoms. The molecular formula is C10H19NO2. The van der Waals surface area contributed by atoms with Gasteiger partial charge in [0.1, 0.15) is 0 Å². The highest BCUT2D eigenvalue weighted by atomic mass is 16.6. The number of ether oxygens (including phenoxy) is 1. The summed E-state index contributed by atoms with van der Waals surface area (Å²) in [5.41, 5.74) is 0. The van der Waals surface area contributed by atoms with Crippen LogP contribution < -0.4 is 0 Å². The molecule has 1 fully saturated rings. The Bertz CT molecular complexity index is 174. The molecule has 0 radical (unpaired) electrons. The first kappa shape index (κ1) is 10.4. The van der Waals surface area contributed by atoms with Crippen molar-refractivity contribution in [3.05, 3.63) is 0 Å². The lowest BCUT2D eigenvalue weighted by atomic mass is 10.2. The summed E-state index contributed by atoms with van der Waals surface area (Å²) in [7, 11) is 1.83. The van der Waals surface area contributed by atoms with E-state index in [4.69, 9.17) is 4.74 Å². The average molecular weight is 185 g/mol. The van der Waals surface area contributed by atoms with Gasteiger partial charge in [0.25, 0.3) is 0 Å². The molecule has 0 atom stereocenters. The molecule has 0 unspecified atom stereocenters. The summed E-state index contributed by atoms with van der Waals surface area (Å²) in [5, 5.41) is 0. The molecule has 76 valence electrons. The maximum atomic E-state index is 11.4. The SMILES string of the molecule is CC(C)OC(=O)N(C)C1CCCC1. The van der Waals surface area contributed by atoms with E-state index >= 15 is 0 Å². The fourth-order valence-electron chi connectivity index (χ4n) is 1.73. The van der Waals surface area contributed by atoms with Crippen LogP contribution in [0.2, 0.25) is 0 Å². The van der Waals surface area contributed by atoms with Crippen molar-refractivity contribution in [2.45, 2.75) is 51.7 Å². The summed E-state index contributed by atoms with van der Waals surface area (Å²) in [4.78, 5) is 13.2. The summed E-state index contributed by atoms with van der Waals surface area (Å²) in [6, 6.07) is 0.409. The summed E-state index contributed by atoms with van der Waals surface area (Å²) in [6.45, 7) is 3.75. The number of hydrogen-bond acceptors (Lipinski definition) is 2. The Labute approximate surface area is 80.1 Å². The molecule has 0 bridgehead atoms. The molecule has 3 heteroatoms. The number of rotatable bonds is 2. The van der Waals surface area contributed by atoms with Crippen molar-refractivity contribution in [1.29, 1.82) is 0 Å². The van der Waals surface area contributed by atoms with Crippen LogP contribution in [0, 0.1) is 0 Å². The highest BCUT2D eigenvalue weighted by Gasteiger charge is 2.24. The Kier molecular flexibility index (Phi) is 3.58. The quantitative estimate of drug-likeness (QED) is 0.661. The average Bonchev–Trinajstić information content (AvgIpc) is 2.53. The molecule has 0 N–H and O–H groups in total. The molecule has 0 aromatic heterocycles. The van der Waals surface area contributed by atoms with Gasteiger partial charge < -0.3 is 9.64 Å². The van der Waals surface area contributed by atoms with Crippen LogP contribution in [0.5, 0.6) is 0 Å². The predicted octanol–water partition coefficient (Wildman–Crippen LogP) is 2.41. The first-order chi connectivity index (χ1) is 6.11. The van der Waals surface area contributed by atoms with Crippen LogP contribution in [0.3, 0.4) is 0 Å². The Morgan fingerprint density at radius 3 is 2.38 bits per heavy atom. The van der Waals surface area contributed by atoms with E-state index in [1.165, 1.54) is 12.8 Å². The first-order valence-corrected chi connectivity index (χ1v) is 5.04. The van der Waals surface area contributed by atoms with Gasteiger partial charge in [0.05, 0.1) is 6.10 Å². The van der Waals surface area contributed by atoms with Crippen molar-refractivity contribution in [2.75, 3.05) is 7.05 Å². The second-order valence-electron chi connectivity index (χ2n) is 3.98.